The van der Waals surface area contributed by atoms with Gasteiger partial charge in [0, 0.05) is 32.7 Å². The van der Waals surface area contributed by atoms with Gasteiger partial charge < -0.3 is 19.8 Å². The van der Waals surface area contributed by atoms with E-state index in [4.69, 9.17) is 0 Å². The quantitative estimate of drug-likeness (QED) is 0.746. The molecule has 0 aliphatic carbocycles. The summed E-state index contributed by atoms with van der Waals surface area (Å²) >= 11 is 0. The molecule has 1 N–H and O–H groups in total. The molecule has 0 spiro atoms. The van der Waals surface area contributed by atoms with E-state index in [9.17, 15) is 19.5 Å². The van der Waals surface area contributed by atoms with Crippen LogP contribution in [0.15, 0.2) is 30.3 Å². The molecule has 2 heterocycles. The summed E-state index contributed by atoms with van der Waals surface area (Å²) in [7, 11) is 0. The van der Waals surface area contributed by atoms with E-state index < -0.39 is 24.0 Å². The fourth-order valence-electron chi connectivity index (χ4n) is 3.40. The van der Waals surface area contributed by atoms with Crippen LogP contribution in [0.1, 0.15) is 31.4 Å². The van der Waals surface area contributed by atoms with Crippen LogP contribution in [0.4, 0.5) is 0 Å². The Kier molecular flexibility index (Phi) is 5.56. The first-order valence-corrected chi connectivity index (χ1v) is 9.14. The normalized spacial score (nSPS) is 19.5. The van der Waals surface area contributed by atoms with Crippen molar-refractivity contribution in [3.63, 3.8) is 0 Å². The third-order valence-electron chi connectivity index (χ3n) is 4.96. The zero-order valence-corrected chi connectivity index (χ0v) is 15.0. The molecule has 2 saturated heterocycles. The summed E-state index contributed by atoms with van der Waals surface area (Å²) in [6, 6.07) is 8.22. The van der Waals surface area contributed by atoms with Crippen LogP contribution in [0.3, 0.4) is 0 Å². The van der Waals surface area contributed by atoms with Crippen molar-refractivity contribution in [2.75, 3.05) is 32.7 Å². The number of nitrogens with zero attached hydrogens (tertiary/aromatic N) is 3. The van der Waals surface area contributed by atoms with E-state index in [1.54, 1.807) is 17.0 Å². The average molecular weight is 359 g/mol. The zero-order chi connectivity index (χ0) is 18.7. The molecule has 140 valence electrons. The van der Waals surface area contributed by atoms with E-state index >= 15 is 0 Å². The van der Waals surface area contributed by atoms with Gasteiger partial charge in [0.1, 0.15) is 6.04 Å². The van der Waals surface area contributed by atoms with Gasteiger partial charge in [-0.2, -0.15) is 0 Å². The standard InChI is InChI=1S/C19H25N3O4/c1-2-3-9-20-10-11-22(19(26)18(20)25)16(14-7-5-4-6-8-14)17(24)21-12-15(23)13-21/h4-8,15-16,23H,2-3,9-13H2,1H3. The second-order valence-corrected chi connectivity index (χ2v) is 6.85. The third kappa shape index (κ3) is 3.58. The van der Waals surface area contributed by atoms with Gasteiger partial charge >= 0.3 is 11.8 Å². The van der Waals surface area contributed by atoms with Gasteiger partial charge in [0.05, 0.1) is 6.10 Å². The maximum atomic E-state index is 13.0. The topological polar surface area (TPSA) is 81.2 Å². The zero-order valence-electron chi connectivity index (χ0n) is 15.0. The summed E-state index contributed by atoms with van der Waals surface area (Å²) in [4.78, 5) is 42.7. The molecule has 7 nitrogen and oxygen atoms in total. The van der Waals surface area contributed by atoms with E-state index in [0.717, 1.165) is 12.8 Å². The number of amides is 3. The Labute approximate surface area is 153 Å². The van der Waals surface area contributed by atoms with Crippen LogP contribution in [-0.2, 0) is 14.4 Å². The Balaban J connectivity index is 1.82. The molecule has 0 radical (unpaired) electrons. The maximum Gasteiger partial charge on any atom is 0.313 e. The molecular formula is C19H25N3O4. The number of benzene rings is 1. The number of hydrogen-bond acceptors (Lipinski definition) is 4. The van der Waals surface area contributed by atoms with Gasteiger partial charge in [-0.1, -0.05) is 43.7 Å². The number of likely N-dealkylation sites (tertiary alicyclic amines) is 1. The minimum Gasteiger partial charge on any atom is -0.389 e. The lowest BCUT2D eigenvalue weighted by atomic mass is 10.00. The van der Waals surface area contributed by atoms with Crippen LogP contribution in [0, 0.1) is 0 Å². The van der Waals surface area contributed by atoms with E-state index in [1.165, 1.54) is 9.80 Å². The highest BCUT2D eigenvalue weighted by molar-refractivity contribution is 6.35. The molecule has 0 bridgehead atoms. The van der Waals surface area contributed by atoms with Crippen LogP contribution in [-0.4, -0.2) is 76.4 Å². The highest BCUT2D eigenvalue weighted by Gasteiger charge is 2.43. The van der Waals surface area contributed by atoms with Crippen LogP contribution in [0.2, 0.25) is 0 Å². The van der Waals surface area contributed by atoms with E-state index in [0.29, 0.717) is 25.2 Å². The monoisotopic (exact) mass is 359 g/mol. The molecule has 2 aliphatic heterocycles. The summed E-state index contributed by atoms with van der Waals surface area (Å²) < 4.78 is 0. The molecular weight excluding hydrogens is 334 g/mol. The Morgan fingerprint density at radius 3 is 2.46 bits per heavy atom. The van der Waals surface area contributed by atoms with Crippen molar-refractivity contribution >= 4 is 17.7 Å². The molecule has 26 heavy (non-hydrogen) atoms. The minimum atomic E-state index is -0.825. The molecule has 7 heteroatoms. The minimum absolute atomic E-state index is 0.246. The molecule has 3 amide bonds. The number of carbonyl (C=O) groups is 3. The van der Waals surface area contributed by atoms with Crippen molar-refractivity contribution in [1.29, 1.82) is 0 Å². The van der Waals surface area contributed by atoms with Gasteiger partial charge in [0.15, 0.2) is 0 Å². The Bertz CT molecular complexity index is 673. The van der Waals surface area contributed by atoms with Crippen molar-refractivity contribution in [2.24, 2.45) is 0 Å². The fraction of sp³-hybridized carbons (Fsp3) is 0.526. The molecule has 1 aromatic carbocycles. The van der Waals surface area contributed by atoms with Gasteiger partial charge in [-0.05, 0) is 12.0 Å². The molecule has 1 aromatic rings. The first kappa shape index (κ1) is 18.4. The van der Waals surface area contributed by atoms with Crippen LogP contribution in [0.5, 0.6) is 0 Å². The molecule has 2 aliphatic rings. The van der Waals surface area contributed by atoms with Crippen molar-refractivity contribution in [3.05, 3.63) is 35.9 Å². The van der Waals surface area contributed by atoms with Crippen molar-refractivity contribution < 1.29 is 19.5 Å². The first-order valence-electron chi connectivity index (χ1n) is 9.14. The summed E-state index contributed by atoms with van der Waals surface area (Å²) in [5, 5.41) is 9.51. The molecule has 0 saturated carbocycles. The molecule has 0 aromatic heterocycles. The first-order chi connectivity index (χ1) is 12.5. The molecule has 1 atom stereocenters. The molecule has 1 unspecified atom stereocenters. The number of piperazine rings is 1. The lowest BCUT2D eigenvalue weighted by molar-refractivity contribution is -0.163. The lowest BCUT2D eigenvalue weighted by Gasteiger charge is -2.43. The van der Waals surface area contributed by atoms with Crippen molar-refractivity contribution in [1.82, 2.24) is 14.7 Å². The lowest BCUT2D eigenvalue weighted by Crippen LogP contribution is -2.61. The summed E-state index contributed by atoms with van der Waals surface area (Å²) in [5.41, 5.74) is 0.682. The Morgan fingerprint density at radius 2 is 1.85 bits per heavy atom. The van der Waals surface area contributed by atoms with Crippen LogP contribution >= 0.6 is 0 Å². The number of unbranched alkanes of at least 4 members (excludes halogenated alkanes) is 1. The second-order valence-electron chi connectivity index (χ2n) is 6.85. The number of aliphatic hydroxyl groups is 1. The predicted molar refractivity (Wildman–Crippen MR) is 95.0 cm³/mol. The van der Waals surface area contributed by atoms with E-state index in [1.807, 2.05) is 25.1 Å². The molecule has 2 fully saturated rings. The Hall–Kier alpha value is -2.41. The highest BCUT2D eigenvalue weighted by Crippen LogP contribution is 2.27. The third-order valence-corrected chi connectivity index (χ3v) is 4.96. The number of β-amino-alcohol motifs (C(OH)–C–C–N with tert-alkyl or cyclic N) is 1. The van der Waals surface area contributed by atoms with Gasteiger partial charge in [-0.15, -0.1) is 0 Å². The van der Waals surface area contributed by atoms with E-state index in [2.05, 4.69) is 0 Å². The highest BCUT2D eigenvalue weighted by atomic mass is 16.3. The number of carbonyl (C=O) groups excluding carboxylic acids is 3. The van der Waals surface area contributed by atoms with Gasteiger partial charge in [0.2, 0.25) is 5.91 Å². The van der Waals surface area contributed by atoms with E-state index in [-0.39, 0.29) is 19.0 Å². The molecule has 3 rings (SSSR count). The summed E-state index contributed by atoms with van der Waals surface area (Å²) in [6.07, 6.45) is 1.29. The van der Waals surface area contributed by atoms with Gasteiger partial charge in [-0.3, -0.25) is 14.4 Å². The number of hydrogen-bond donors (Lipinski definition) is 1. The smallest absolute Gasteiger partial charge is 0.313 e. The summed E-state index contributed by atoms with van der Waals surface area (Å²) in [5.74, 6) is -1.41. The SMILES string of the molecule is CCCCN1CCN(C(C(=O)N2CC(O)C2)c2ccccc2)C(=O)C1=O. The largest absolute Gasteiger partial charge is 0.389 e. The van der Waals surface area contributed by atoms with Crippen molar-refractivity contribution in [2.45, 2.75) is 31.9 Å². The maximum absolute atomic E-state index is 13.0. The second kappa shape index (κ2) is 7.86. The van der Waals surface area contributed by atoms with Gasteiger partial charge in [-0.25, -0.2) is 0 Å². The number of rotatable bonds is 6. The number of aliphatic hydroxyl groups excluding tert-OH is 1. The fourth-order valence-corrected chi connectivity index (χ4v) is 3.40. The summed E-state index contributed by atoms with van der Waals surface area (Å²) in [6.45, 7) is 3.90. The Morgan fingerprint density at radius 1 is 1.15 bits per heavy atom. The van der Waals surface area contributed by atoms with Crippen LogP contribution < -0.4 is 0 Å². The van der Waals surface area contributed by atoms with Gasteiger partial charge in [0.25, 0.3) is 0 Å². The average Bonchev–Trinajstić information content (AvgIpc) is 2.63. The predicted octanol–water partition coefficient (Wildman–Crippen LogP) is 0.402. The van der Waals surface area contributed by atoms with Crippen LogP contribution in [0.25, 0.3) is 0 Å². The van der Waals surface area contributed by atoms with Crippen molar-refractivity contribution in [3.8, 4) is 0 Å².